The van der Waals surface area contributed by atoms with Crippen LogP contribution in [0.4, 0.5) is 4.39 Å². The van der Waals surface area contributed by atoms with E-state index in [4.69, 9.17) is 9.47 Å². The Hall–Kier alpha value is -1.67. The van der Waals surface area contributed by atoms with Crippen molar-refractivity contribution in [2.24, 2.45) is 0 Å². The molecule has 2 rings (SSSR count). The van der Waals surface area contributed by atoms with Crippen LogP contribution in [0.5, 0.6) is 5.75 Å². The number of ether oxygens (including phenoxy) is 2. The van der Waals surface area contributed by atoms with Crippen molar-refractivity contribution < 1.29 is 31.6 Å². The number of rotatable bonds is 6. The molecule has 0 aromatic heterocycles. The van der Waals surface area contributed by atoms with Crippen LogP contribution in [0.1, 0.15) is 49.4 Å². The maximum atomic E-state index is 14.0. The number of esters is 1. The smallest absolute Gasteiger partial charge is 0.338 e. The van der Waals surface area contributed by atoms with E-state index >= 15 is 0 Å². The molecule has 0 aliphatic heterocycles. The van der Waals surface area contributed by atoms with E-state index in [9.17, 15) is 22.2 Å². The number of halogens is 1. The summed E-state index contributed by atoms with van der Waals surface area (Å²) in [5.41, 5.74) is -0.438. The molecule has 0 saturated heterocycles. The third kappa shape index (κ3) is 5.45. The molecule has 134 valence electrons. The maximum Gasteiger partial charge on any atom is 0.338 e. The van der Waals surface area contributed by atoms with Crippen LogP contribution < -0.4 is 4.74 Å². The number of hydrogen-bond acceptors (Lipinski definition) is 6. The van der Waals surface area contributed by atoms with E-state index in [2.05, 4.69) is 0 Å². The van der Waals surface area contributed by atoms with Gasteiger partial charge in [0.05, 0.1) is 21.4 Å². The zero-order chi connectivity index (χ0) is 17.8. The second-order valence-corrected chi connectivity index (χ2v) is 7.68. The van der Waals surface area contributed by atoms with Gasteiger partial charge in [0.1, 0.15) is 12.2 Å². The van der Waals surface area contributed by atoms with E-state index in [1.807, 2.05) is 6.92 Å². The fraction of sp³-hybridized carbons (Fsp3) is 0.562. The second-order valence-electron chi connectivity index (χ2n) is 6.16. The Labute approximate surface area is 140 Å². The summed E-state index contributed by atoms with van der Waals surface area (Å²) in [6.45, 7) is 1.37. The van der Waals surface area contributed by atoms with Crippen molar-refractivity contribution in [1.82, 2.24) is 0 Å². The van der Waals surface area contributed by atoms with Gasteiger partial charge in [-0.3, -0.25) is 0 Å². The van der Waals surface area contributed by atoms with Gasteiger partial charge in [0.15, 0.2) is 11.6 Å². The highest BCUT2D eigenvalue weighted by Crippen LogP contribution is 2.34. The summed E-state index contributed by atoms with van der Waals surface area (Å²) in [6.07, 6.45) is 4.74. The first-order chi connectivity index (χ1) is 11.2. The largest absolute Gasteiger partial charge is 0.748 e. The van der Waals surface area contributed by atoms with Crippen molar-refractivity contribution in [1.29, 1.82) is 0 Å². The van der Waals surface area contributed by atoms with Gasteiger partial charge in [0, 0.05) is 0 Å². The molecule has 8 heteroatoms. The quantitative estimate of drug-likeness (QED) is 0.573. The molecule has 0 N–H and O–H groups in total. The van der Waals surface area contributed by atoms with Crippen LogP contribution in [0.3, 0.4) is 0 Å². The number of benzene rings is 1. The van der Waals surface area contributed by atoms with E-state index in [1.54, 1.807) is 0 Å². The van der Waals surface area contributed by atoms with Gasteiger partial charge >= 0.3 is 5.97 Å². The van der Waals surface area contributed by atoms with Crippen molar-refractivity contribution in [2.45, 2.75) is 44.6 Å². The molecule has 24 heavy (non-hydrogen) atoms. The fourth-order valence-corrected chi connectivity index (χ4v) is 2.98. The van der Waals surface area contributed by atoms with Crippen molar-refractivity contribution in [3.8, 4) is 5.75 Å². The standard InChI is InChI=1S/C16H21FO6S/c1-16(7-3-2-4-8-16)23-14-11-12(5-6-13(14)17)15(18)22-9-10-24(19,20)21/h5-6,11H,2-4,7-10H2,1H3,(H,19,20,21)/p-1. The van der Waals surface area contributed by atoms with Gasteiger partial charge in [0.2, 0.25) is 0 Å². The zero-order valence-electron chi connectivity index (χ0n) is 13.4. The molecule has 1 aromatic rings. The van der Waals surface area contributed by atoms with Crippen molar-refractivity contribution in [3.63, 3.8) is 0 Å². The summed E-state index contributed by atoms with van der Waals surface area (Å²) < 4.78 is 55.9. The molecule has 0 heterocycles. The summed E-state index contributed by atoms with van der Waals surface area (Å²) in [5, 5.41) is 0. The Balaban J connectivity index is 2.06. The molecule has 0 atom stereocenters. The third-order valence-electron chi connectivity index (χ3n) is 4.00. The van der Waals surface area contributed by atoms with Crippen LogP contribution in [0, 0.1) is 5.82 Å². The molecule has 0 amide bonds. The van der Waals surface area contributed by atoms with Crippen LogP contribution in [0.2, 0.25) is 0 Å². The number of hydrogen-bond donors (Lipinski definition) is 0. The summed E-state index contributed by atoms with van der Waals surface area (Å²) in [4.78, 5) is 11.9. The minimum atomic E-state index is -4.46. The Morgan fingerprint density at radius 2 is 1.96 bits per heavy atom. The van der Waals surface area contributed by atoms with Gasteiger partial charge in [-0.2, -0.15) is 0 Å². The lowest BCUT2D eigenvalue weighted by Gasteiger charge is -2.34. The fourth-order valence-electron chi connectivity index (χ4n) is 2.70. The predicted molar refractivity (Wildman–Crippen MR) is 83.4 cm³/mol. The predicted octanol–water partition coefficient (Wildman–Crippen LogP) is 2.63. The van der Waals surface area contributed by atoms with Gasteiger partial charge in [-0.15, -0.1) is 0 Å². The molecular weight excluding hydrogens is 339 g/mol. The Kier molecular flexibility index (Phi) is 5.82. The van der Waals surface area contributed by atoms with Crippen LogP contribution in [0.25, 0.3) is 0 Å². The van der Waals surface area contributed by atoms with E-state index in [1.165, 1.54) is 12.1 Å². The molecule has 0 bridgehead atoms. The molecule has 0 unspecified atom stereocenters. The van der Waals surface area contributed by atoms with E-state index < -0.39 is 39.9 Å². The lowest BCUT2D eigenvalue weighted by Crippen LogP contribution is -2.34. The van der Waals surface area contributed by atoms with Crippen molar-refractivity contribution >= 4 is 16.1 Å². The molecule has 0 spiro atoms. The first kappa shape index (κ1) is 18.7. The molecule has 1 fully saturated rings. The van der Waals surface area contributed by atoms with E-state index in [0.717, 1.165) is 38.2 Å². The summed E-state index contributed by atoms with van der Waals surface area (Å²) >= 11 is 0. The monoisotopic (exact) mass is 359 g/mol. The lowest BCUT2D eigenvalue weighted by molar-refractivity contribution is 0.0434. The highest BCUT2D eigenvalue weighted by atomic mass is 32.2. The molecule has 1 aliphatic carbocycles. The average Bonchev–Trinajstić information content (AvgIpc) is 2.48. The van der Waals surface area contributed by atoms with Crippen LogP contribution in [-0.2, 0) is 14.9 Å². The third-order valence-corrected chi connectivity index (χ3v) is 4.67. The second kappa shape index (κ2) is 7.48. The topological polar surface area (TPSA) is 92.7 Å². The highest BCUT2D eigenvalue weighted by molar-refractivity contribution is 7.85. The van der Waals surface area contributed by atoms with E-state index in [0.29, 0.717) is 0 Å². The Bertz CT molecular complexity index is 695. The summed E-state index contributed by atoms with van der Waals surface area (Å²) in [5.74, 6) is -2.26. The van der Waals surface area contributed by atoms with Crippen LogP contribution in [0.15, 0.2) is 18.2 Å². The molecule has 6 nitrogen and oxygen atoms in total. The SMILES string of the molecule is CC1(Oc2cc(C(=O)OCCS(=O)(=O)[O-])ccc2F)CCCCC1. The van der Waals surface area contributed by atoms with Gasteiger partial charge in [-0.25, -0.2) is 17.6 Å². The highest BCUT2D eigenvalue weighted by Gasteiger charge is 2.30. The maximum absolute atomic E-state index is 14.0. The Morgan fingerprint density at radius 3 is 2.58 bits per heavy atom. The van der Waals surface area contributed by atoms with Crippen LogP contribution in [-0.4, -0.2) is 36.9 Å². The first-order valence-electron chi connectivity index (χ1n) is 7.78. The Morgan fingerprint density at radius 1 is 1.29 bits per heavy atom. The zero-order valence-corrected chi connectivity index (χ0v) is 14.2. The molecule has 1 aliphatic rings. The van der Waals surface area contributed by atoms with E-state index in [-0.39, 0.29) is 11.3 Å². The van der Waals surface area contributed by atoms with Gasteiger partial charge in [-0.05, 0) is 50.8 Å². The lowest BCUT2D eigenvalue weighted by atomic mass is 9.86. The average molecular weight is 359 g/mol. The normalized spacial score (nSPS) is 17.3. The minimum absolute atomic E-state index is 0.0362. The summed E-state index contributed by atoms with van der Waals surface area (Å²) in [7, 11) is -4.46. The number of carbonyl (C=O) groups excluding carboxylic acids is 1. The molecule has 1 saturated carbocycles. The molecular formula is C16H20FO6S-. The first-order valence-corrected chi connectivity index (χ1v) is 9.36. The van der Waals surface area contributed by atoms with Crippen molar-refractivity contribution in [3.05, 3.63) is 29.6 Å². The number of carbonyl (C=O) groups is 1. The van der Waals surface area contributed by atoms with Crippen molar-refractivity contribution in [2.75, 3.05) is 12.4 Å². The van der Waals surface area contributed by atoms with Crippen LogP contribution >= 0.6 is 0 Å². The van der Waals surface area contributed by atoms with Gasteiger partial charge in [-0.1, -0.05) is 6.42 Å². The molecule has 0 radical (unpaired) electrons. The van der Waals surface area contributed by atoms with Gasteiger partial charge < -0.3 is 14.0 Å². The minimum Gasteiger partial charge on any atom is -0.748 e. The molecule has 1 aromatic carbocycles. The van der Waals surface area contributed by atoms with Gasteiger partial charge in [0.25, 0.3) is 0 Å². The summed E-state index contributed by atoms with van der Waals surface area (Å²) in [6, 6.07) is 3.56.